The molecule has 7 rings (SSSR count). The maximum absolute atomic E-state index is 10.8. The number of fused-ring (bicyclic) bond motifs is 2. The number of nitrogens with zero attached hydrogens (tertiary/aromatic N) is 2. The minimum Gasteiger partial charge on any atom is -0.393 e. The van der Waals surface area contributed by atoms with Crippen LogP contribution in [0.3, 0.4) is 0 Å². The predicted molar refractivity (Wildman–Crippen MR) is 129 cm³/mol. The lowest BCUT2D eigenvalue weighted by atomic mass is 9.56. The Morgan fingerprint density at radius 1 is 1.15 bits per heavy atom. The summed E-state index contributed by atoms with van der Waals surface area (Å²) in [7, 11) is 0. The van der Waals surface area contributed by atoms with Crippen LogP contribution in [0, 0.1) is 29.1 Å². The minimum absolute atomic E-state index is 0.0218. The zero-order valence-electron chi connectivity index (χ0n) is 20.1. The summed E-state index contributed by atoms with van der Waals surface area (Å²) >= 11 is 0. The molecule has 3 aliphatic carbocycles. The van der Waals surface area contributed by atoms with Crippen molar-refractivity contribution >= 4 is 10.9 Å². The van der Waals surface area contributed by atoms with Gasteiger partial charge in [0.2, 0.25) is 0 Å². The molecule has 2 saturated carbocycles. The largest absolute Gasteiger partial charge is 0.393 e. The molecule has 1 aromatic heterocycles. The standard InChI is InChI=1S/C29H36N2O2/c1-17-14-28-10-11-29(33-28)21(13-23(28)18(2)26(17)32)8-9-27(3)22(5-7-25(27)29)19-4-6-24-20(12-19)15-30-16-31-24/h4,6,8,12,15-18,22-23,25-26,32H,5,7,9-11,13-14H2,1-3H3/t17-,18+,22+,23?,25+,26+,27+,28+,29+/m0/s1. The van der Waals surface area contributed by atoms with Gasteiger partial charge in [-0.15, -0.1) is 0 Å². The molecule has 2 aromatic rings. The van der Waals surface area contributed by atoms with Gasteiger partial charge in [-0.05, 0) is 103 Å². The van der Waals surface area contributed by atoms with Crippen LogP contribution >= 0.6 is 0 Å². The van der Waals surface area contributed by atoms with Crippen LogP contribution in [0.1, 0.15) is 77.2 Å². The van der Waals surface area contributed by atoms with E-state index in [0.717, 1.165) is 30.2 Å². The van der Waals surface area contributed by atoms with Gasteiger partial charge in [0.1, 0.15) is 6.33 Å². The first-order chi connectivity index (χ1) is 15.9. The van der Waals surface area contributed by atoms with Crippen molar-refractivity contribution in [3.63, 3.8) is 0 Å². The van der Waals surface area contributed by atoms with E-state index in [1.165, 1.54) is 31.2 Å². The Bertz CT molecular complexity index is 1160. The van der Waals surface area contributed by atoms with Crippen LogP contribution in [0.4, 0.5) is 0 Å². The van der Waals surface area contributed by atoms with Crippen LogP contribution in [0.15, 0.2) is 42.4 Å². The van der Waals surface area contributed by atoms with Crippen molar-refractivity contribution in [3.8, 4) is 0 Å². The summed E-state index contributed by atoms with van der Waals surface area (Å²) in [5.41, 5.74) is 4.17. The third-order valence-corrected chi connectivity index (χ3v) is 11.0. The second-order valence-corrected chi connectivity index (χ2v) is 12.4. The number of ether oxygens (including phenoxy) is 1. The second kappa shape index (κ2) is 6.66. The van der Waals surface area contributed by atoms with Crippen molar-refractivity contribution < 1.29 is 9.84 Å². The highest BCUT2D eigenvalue weighted by atomic mass is 16.5. The van der Waals surface area contributed by atoms with Crippen LogP contribution in [-0.4, -0.2) is 32.4 Å². The Morgan fingerprint density at radius 3 is 2.91 bits per heavy atom. The van der Waals surface area contributed by atoms with Gasteiger partial charge in [0.05, 0.1) is 22.8 Å². The van der Waals surface area contributed by atoms with Gasteiger partial charge in [0, 0.05) is 11.6 Å². The van der Waals surface area contributed by atoms with E-state index in [2.05, 4.69) is 55.0 Å². The van der Waals surface area contributed by atoms with E-state index in [1.807, 2.05) is 6.20 Å². The number of aliphatic hydroxyl groups is 1. The highest BCUT2D eigenvalue weighted by molar-refractivity contribution is 5.78. The number of rotatable bonds is 1. The molecule has 2 saturated heterocycles. The summed E-state index contributed by atoms with van der Waals surface area (Å²) in [6, 6.07) is 6.82. The smallest absolute Gasteiger partial charge is 0.116 e. The van der Waals surface area contributed by atoms with Crippen molar-refractivity contribution in [2.75, 3.05) is 0 Å². The van der Waals surface area contributed by atoms with E-state index >= 15 is 0 Å². The van der Waals surface area contributed by atoms with Gasteiger partial charge in [-0.2, -0.15) is 0 Å². The number of aliphatic hydroxyl groups excluding tert-OH is 1. The topological polar surface area (TPSA) is 55.2 Å². The van der Waals surface area contributed by atoms with Gasteiger partial charge in [-0.1, -0.05) is 32.9 Å². The second-order valence-electron chi connectivity index (χ2n) is 12.4. The molecule has 4 fully saturated rings. The van der Waals surface area contributed by atoms with Gasteiger partial charge < -0.3 is 9.84 Å². The third kappa shape index (κ3) is 2.55. The Morgan fingerprint density at radius 2 is 2.03 bits per heavy atom. The molecular weight excluding hydrogens is 408 g/mol. The maximum Gasteiger partial charge on any atom is 0.116 e. The van der Waals surface area contributed by atoms with E-state index in [9.17, 15) is 5.11 Å². The molecule has 9 atom stereocenters. The molecule has 2 bridgehead atoms. The molecule has 1 unspecified atom stereocenters. The molecule has 4 nitrogen and oxygen atoms in total. The average molecular weight is 445 g/mol. The Kier molecular flexibility index (Phi) is 4.16. The summed E-state index contributed by atoms with van der Waals surface area (Å²) in [5, 5.41) is 12.0. The fourth-order valence-corrected chi connectivity index (χ4v) is 9.45. The highest BCUT2D eigenvalue weighted by Gasteiger charge is 2.69. The number of allylic oxidation sites excluding steroid dienone is 1. The van der Waals surface area contributed by atoms with Crippen LogP contribution < -0.4 is 0 Å². The van der Waals surface area contributed by atoms with Crippen molar-refractivity contribution in [3.05, 3.63) is 47.9 Å². The molecular formula is C29H36N2O2. The molecule has 33 heavy (non-hydrogen) atoms. The normalized spacial score (nSPS) is 48.2. The van der Waals surface area contributed by atoms with E-state index < -0.39 is 0 Å². The maximum atomic E-state index is 10.8. The van der Waals surface area contributed by atoms with Crippen LogP contribution in [0.2, 0.25) is 0 Å². The lowest BCUT2D eigenvalue weighted by Crippen LogP contribution is -2.60. The van der Waals surface area contributed by atoms with E-state index in [0.29, 0.717) is 29.6 Å². The van der Waals surface area contributed by atoms with E-state index in [1.54, 1.807) is 11.9 Å². The number of benzene rings is 1. The molecule has 5 aliphatic rings. The Balaban J connectivity index is 1.28. The van der Waals surface area contributed by atoms with Crippen LogP contribution in [-0.2, 0) is 4.74 Å². The first-order valence-corrected chi connectivity index (χ1v) is 13.1. The summed E-state index contributed by atoms with van der Waals surface area (Å²) in [6.07, 6.45) is 14.1. The summed E-state index contributed by atoms with van der Waals surface area (Å²) in [5.74, 6) is 2.23. The zero-order valence-corrected chi connectivity index (χ0v) is 20.1. The number of aromatic nitrogens is 2. The van der Waals surface area contributed by atoms with Gasteiger partial charge in [-0.3, -0.25) is 0 Å². The van der Waals surface area contributed by atoms with E-state index in [-0.39, 0.29) is 22.7 Å². The lowest BCUT2D eigenvalue weighted by Gasteiger charge is -2.59. The first-order valence-electron chi connectivity index (χ1n) is 13.1. The van der Waals surface area contributed by atoms with Crippen LogP contribution in [0.5, 0.6) is 0 Å². The highest BCUT2D eigenvalue weighted by Crippen LogP contribution is 2.71. The SMILES string of the molecule is C[C@@H]1C2CC3=CC[C@]4(C)[C@@H](c5ccc6ncncc6c5)CC[C@H]4[C@@]34CC[C@]2(C[C@H](C)[C@H]1O)O4. The molecule has 174 valence electrons. The molecule has 4 heteroatoms. The fourth-order valence-electron chi connectivity index (χ4n) is 9.45. The Hall–Kier alpha value is -1.78. The minimum atomic E-state index is -0.195. The summed E-state index contributed by atoms with van der Waals surface area (Å²) in [6.45, 7) is 7.04. The lowest BCUT2D eigenvalue weighted by molar-refractivity contribution is -0.223. The number of hydrogen-bond donors (Lipinski definition) is 1. The molecule has 2 aliphatic heterocycles. The fraction of sp³-hybridized carbons (Fsp3) is 0.655. The van der Waals surface area contributed by atoms with Gasteiger partial charge in [0.15, 0.2) is 0 Å². The molecule has 3 heterocycles. The van der Waals surface area contributed by atoms with Crippen molar-refractivity contribution in [2.45, 2.75) is 88.9 Å². The van der Waals surface area contributed by atoms with Crippen LogP contribution in [0.25, 0.3) is 10.9 Å². The molecule has 2 spiro atoms. The zero-order chi connectivity index (χ0) is 22.6. The number of hydrogen-bond acceptors (Lipinski definition) is 4. The third-order valence-electron chi connectivity index (χ3n) is 11.0. The summed E-state index contributed by atoms with van der Waals surface area (Å²) in [4.78, 5) is 8.69. The summed E-state index contributed by atoms with van der Waals surface area (Å²) < 4.78 is 7.40. The van der Waals surface area contributed by atoms with Crippen molar-refractivity contribution in [1.82, 2.24) is 9.97 Å². The molecule has 1 aromatic carbocycles. The average Bonchev–Trinajstić information content (AvgIpc) is 3.33. The Labute approximate surface area is 196 Å². The first kappa shape index (κ1) is 20.6. The molecule has 0 amide bonds. The predicted octanol–water partition coefficient (Wildman–Crippen LogP) is 5.80. The van der Waals surface area contributed by atoms with Gasteiger partial charge >= 0.3 is 0 Å². The van der Waals surface area contributed by atoms with Gasteiger partial charge in [0.25, 0.3) is 0 Å². The molecule has 0 radical (unpaired) electrons. The van der Waals surface area contributed by atoms with Gasteiger partial charge in [-0.25, -0.2) is 9.97 Å². The van der Waals surface area contributed by atoms with Crippen molar-refractivity contribution in [2.24, 2.45) is 29.1 Å². The molecule has 1 N–H and O–H groups in total. The van der Waals surface area contributed by atoms with Crippen molar-refractivity contribution in [1.29, 1.82) is 0 Å². The monoisotopic (exact) mass is 444 g/mol. The quantitative estimate of drug-likeness (QED) is 0.565. The van der Waals surface area contributed by atoms with E-state index in [4.69, 9.17) is 4.74 Å².